The molecule has 2 aliphatic rings. The number of esters is 1. The first-order chi connectivity index (χ1) is 7.84. The zero-order valence-corrected chi connectivity index (χ0v) is 10.6. The van der Waals surface area contributed by atoms with E-state index in [-0.39, 0.29) is 5.97 Å². The number of thioether (sulfide) groups is 1. The van der Waals surface area contributed by atoms with Crippen molar-refractivity contribution < 1.29 is 9.53 Å². The summed E-state index contributed by atoms with van der Waals surface area (Å²) in [6.07, 6.45) is 5.64. The quantitative estimate of drug-likeness (QED) is 0.764. The van der Waals surface area contributed by atoms with Crippen LogP contribution < -0.4 is 5.32 Å². The number of ether oxygens (including phenoxy) is 1. The lowest BCUT2D eigenvalue weighted by molar-refractivity contribution is -0.145. The number of hydrogen-bond acceptors (Lipinski definition) is 4. The van der Waals surface area contributed by atoms with E-state index in [1.165, 1.54) is 25.7 Å². The molecule has 4 heteroatoms. The Hall–Kier alpha value is -0.220. The van der Waals surface area contributed by atoms with Gasteiger partial charge in [-0.25, -0.2) is 0 Å². The molecule has 1 heterocycles. The lowest BCUT2D eigenvalue weighted by Gasteiger charge is -2.22. The Morgan fingerprint density at radius 3 is 2.88 bits per heavy atom. The molecule has 1 aliphatic heterocycles. The molecule has 0 aromatic heterocycles. The summed E-state index contributed by atoms with van der Waals surface area (Å²) in [7, 11) is 0. The molecular formula is C12H21NO2S. The SMILES string of the molecule is O=C(CC1CSCCN1)OCC1CCCC1. The van der Waals surface area contributed by atoms with E-state index in [4.69, 9.17) is 4.74 Å². The molecule has 1 saturated carbocycles. The summed E-state index contributed by atoms with van der Waals surface area (Å²) in [6, 6.07) is 0.329. The summed E-state index contributed by atoms with van der Waals surface area (Å²) in [5.74, 6) is 2.82. The van der Waals surface area contributed by atoms with Gasteiger partial charge in [0.2, 0.25) is 0 Å². The van der Waals surface area contributed by atoms with Gasteiger partial charge in [0.05, 0.1) is 13.0 Å². The zero-order chi connectivity index (χ0) is 11.2. The molecule has 0 amide bonds. The molecule has 1 aliphatic carbocycles. The average Bonchev–Trinajstić information content (AvgIpc) is 2.81. The van der Waals surface area contributed by atoms with Gasteiger partial charge in [-0.15, -0.1) is 0 Å². The molecule has 1 N–H and O–H groups in total. The predicted octanol–water partition coefficient (Wildman–Crippen LogP) is 1.81. The first kappa shape index (κ1) is 12.2. The third-order valence-electron chi connectivity index (χ3n) is 3.37. The van der Waals surface area contributed by atoms with E-state index in [0.29, 0.717) is 25.0 Å². The first-order valence-electron chi connectivity index (χ1n) is 6.31. The van der Waals surface area contributed by atoms with Gasteiger partial charge in [0.15, 0.2) is 0 Å². The number of nitrogens with one attached hydrogen (secondary N) is 1. The van der Waals surface area contributed by atoms with Crippen LogP contribution in [0.5, 0.6) is 0 Å². The second kappa shape index (κ2) is 6.50. The van der Waals surface area contributed by atoms with E-state index in [0.717, 1.165) is 18.1 Å². The number of hydrogen-bond donors (Lipinski definition) is 1. The molecule has 0 bridgehead atoms. The Kier molecular flexibility index (Phi) is 4.97. The minimum Gasteiger partial charge on any atom is -0.465 e. The van der Waals surface area contributed by atoms with Crippen LogP contribution in [-0.2, 0) is 9.53 Å². The van der Waals surface area contributed by atoms with Crippen molar-refractivity contribution in [3.8, 4) is 0 Å². The monoisotopic (exact) mass is 243 g/mol. The van der Waals surface area contributed by atoms with Crippen LogP contribution in [0.15, 0.2) is 0 Å². The average molecular weight is 243 g/mol. The topological polar surface area (TPSA) is 38.3 Å². The molecule has 0 spiro atoms. The lowest BCUT2D eigenvalue weighted by Crippen LogP contribution is -2.39. The van der Waals surface area contributed by atoms with Gasteiger partial charge in [-0.2, -0.15) is 11.8 Å². The van der Waals surface area contributed by atoms with Crippen LogP contribution in [0.25, 0.3) is 0 Å². The molecule has 0 radical (unpaired) electrons. The molecule has 1 saturated heterocycles. The van der Waals surface area contributed by atoms with Gasteiger partial charge in [-0.1, -0.05) is 12.8 Å². The number of rotatable bonds is 4. The zero-order valence-electron chi connectivity index (χ0n) is 9.74. The molecular weight excluding hydrogens is 222 g/mol. The van der Waals surface area contributed by atoms with Crippen LogP contribution in [-0.4, -0.2) is 36.7 Å². The summed E-state index contributed by atoms with van der Waals surface area (Å²) >= 11 is 1.92. The Morgan fingerprint density at radius 1 is 1.38 bits per heavy atom. The van der Waals surface area contributed by atoms with Crippen LogP contribution in [0.4, 0.5) is 0 Å². The molecule has 16 heavy (non-hydrogen) atoms. The van der Waals surface area contributed by atoms with E-state index in [2.05, 4.69) is 5.32 Å². The van der Waals surface area contributed by atoms with Gasteiger partial charge in [0, 0.05) is 24.1 Å². The molecule has 2 fully saturated rings. The van der Waals surface area contributed by atoms with Gasteiger partial charge >= 0.3 is 5.97 Å². The highest BCUT2D eigenvalue weighted by Crippen LogP contribution is 2.24. The lowest BCUT2D eigenvalue weighted by atomic mass is 10.1. The minimum absolute atomic E-state index is 0.0214. The molecule has 0 aromatic rings. The summed E-state index contributed by atoms with van der Waals surface area (Å²) in [6.45, 7) is 1.67. The highest BCUT2D eigenvalue weighted by atomic mass is 32.2. The van der Waals surface area contributed by atoms with Crippen molar-refractivity contribution >= 4 is 17.7 Å². The smallest absolute Gasteiger partial charge is 0.307 e. The maximum absolute atomic E-state index is 11.6. The molecule has 0 aromatic carbocycles. The third-order valence-corrected chi connectivity index (χ3v) is 4.50. The summed E-state index contributed by atoms with van der Waals surface area (Å²) in [5.41, 5.74) is 0. The van der Waals surface area contributed by atoms with Gasteiger partial charge in [-0.05, 0) is 18.8 Å². The molecule has 1 unspecified atom stereocenters. The molecule has 3 nitrogen and oxygen atoms in total. The van der Waals surface area contributed by atoms with Gasteiger partial charge in [-0.3, -0.25) is 4.79 Å². The Balaban J connectivity index is 1.59. The second-order valence-corrected chi connectivity index (χ2v) is 5.91. The van der Waals surface area contributed by atoms with E-state index in [9.17, 15) is 4.79 Å². The van der Waals surface area contributed by atoms with Crippen LogP contribution in [0.1, 0.15) is 32.1 Å². The Bertz CT molecular complexity index is 223. The third kappa shape index (κ3) is 3.98. The highest BCUT2D eigenvalue weighted by Gasteiger charge is 2.20. The summed E-state index contributed by atoms with van der Waals surface area (Å²) in [4.78, 5) is 11.6. The fourth-order valence-corrected chi connectivity index (χ4v) is 3.35. The van der Waals surface area contributed by atoms with Gasteiger partial charge in [0.25, 0.3) is 0 Å². The second-order valence-electron chi connectivity index (χ2n) is 4.76. The maximum atomic E-state index is 11.6. The highest BCUT2D eigenvalue weighted by molar-refractivity contribution is 7.99. The van der Waals surface area contributed by atoms with Crippen LogP contribution in [0.3, 0.4) is 0 Å². The minimum atomic E-state index is -0.0214. The first-order valence-corrected chi connectivity index (χ1v) is 7.47. The van der Waals surface area contributed by atoms with Crippen molar-refractivity contribution in [1.29, 1.82) is 0 Å². The Labute approximate surface area is 102 Å². The largest absolute Gasteiger partial charge is 0.465 e. The van der Waals surface area contributed by atoms with Crippen LogP contribution in [0, 0.1) is 5.92 Å². The Morgan fingerprint density at radius 2 is 2.19 bits per heavy atom. The van der Waals surface area contributed by atoms with Crippen molar-refractivity contribution in [2.24, 2.45) is 5.92 Å². The van der Waals surface area contributed by atoms with E-state index >= 15 is 0 Å². The molecule has 1 atom stereocenters. The maximum Gasteiger partial charge on any atom is 0.307 e. The van der Waals surface area contributed by atoms with Crippen molar-refractivity contribution in [2.45, 2.75) is 38.1 Å². The summed E-state index contributed by atoms with van der Waals surface area (Å²) in [5, 5.41) is 3.36. The summed E-state index contributed by atoms with van der Waals surface area (Å²) < 4.78 is 5.34. The van der Waals surface area contributed by atoms with Crippen molar-refractivity contribution in [2.75, 3.05) is 24.7 Å². The number of carbonyl (C=O) groups is 1. The molecule has 92 valence electrons. The van der Waals surface area contributed by atoms with Crippen molar-refractivity contribution in [3.05, 3.63) is 0 Å². The van der Waals surface area contributed by atoms with Gasteiger partial charge in [0.1, 0.15) is 0 Å². The normalized spacial score (nSPS) is 26.9. The van der Waals surface area contributed by atoms with E-state index in [1.807, 2.05) is 11.8 Å². The van der Waals surface area contributed by atoms with Crippen LogP contribution >= 0.6 is 11.8 Å². The standard InChI is InChI=1S/C12H21NO2S/c14-12(7-11-9-16-6-5-13-11)15-8-10-3-1-2-4-10/h10-11,13H,1-9H2. The fraction of sp³-hybridized carbons (Fsp3) is 0.917. The van der Waals surface area contributed by atoms with Crippen LogP contribution in [0.2, 0.25) is 0 Å². The van der Waals surface area contributed by atoms with E-state index < -0.39 is 0 Å². The number of carbonyl (C=O) groups excluding carboxylic acids is 1. The van der Waals surface area contributed by atoms with E-state index in [1.54, 1.807) is 0 Å². The van der Waals surface area contributed by atoms with Gasteiger partial charge < -0.3 is 10.1 Å². The fourth-order valence-electron chi connectivity index (χ4n) is 2.40. The van der Waals surface area contributed by atoms with Crippen molar-refractivity contribution in [1.82, 2.24) is 5.32 Å². The molecule has 2 rings (SSSR count). The predicted molar refractivity (Wildman–Crippen MR) is 66.6 cm³/mol. The van der Waals surface area contributed by atoms with Crippen molar-refractivity contribution in [3.63, 3.8) is 0 Å².